The van der Waals surface area contributed by atoms with Crippen molar-refractivity contribution in [1.29, 1.82) is 0 Å². The number of hydrogen-bond acceptors (Lipinski definition) is 3. The van der Waals surface area contributed by atoms with E-state index in [9.17, 15) is 19.5 Å². The van der Waals surface area contributed by atoms with Crippen molar-refractivity contribution >= 4 is 49.6 Å². The highest BCUT2D eigenvalue weighted by atomic mass is 79.9. The molecule has 0 saturated carbocycles. The number of carboxylic acid groups (broad SMARTS) is 1. The van der Waals surface area contributed by atoms with Crippen molar-refractivity contribution < 1.29 is 19.5 Å². The largest absolute Gasteiger partial charge is 0.480 e. The molecule has 0 spiro atoms. The second-order valence-electron chi connectivity index (χ2n) is 8.54. The second-order valence-corrected chi connectivity index (χ2v) is 11.0. The highest BCUT2D eigenvalue weighted by molar-refractivity contribution is 9.10. The van der Waals surface area contributed by atoms with E-state index >= 15 is 0 Å². The Morgan fingerprint density at radius 3 is 1.47 bits per heavy atom. The number of carbonyl (C=O) groups excluding carboxylic acids is 2. The molecule has 1 aliphatic heterocycles. The molecule has 3 aliphatic carbocycles. The van der Waals surface area contributed by atoms with Gasteiger partial charge in [0.1, 0.15) is 6.04 Å². The van der Waals surface area contributed by atoms with Gasteiger partial charge in [-0.1, -0.05) is 94.2 Å². The Hall–Kier alpha value is -1.99. The van der Waals surface area contributed by atoms with E-state index in [2.05, 4.69) is 31.9 Å². The summed E-state index contributed by atoms with van der Waals surface area (Å²) in [5.41, 5.74) is 3.73. The van der Waals surface area contributed by atoms with Gasteiger partial charge in [0.15, 0.2) is 0 Å². The predicted octanol–water partition coefficient (Wildman–Crippen LogP) is 4.00. The molecule has 2 bridgehead atoms. The Morgan fingerprint density at radius 1 is 0.867 bits per heavy atom. The summed E-state index contributed by atoms with van der Waals surface area (Å²) in [4.78, 5) is 40.5. The number of likely N-dealkylation sites (tertiary alicyclic amines) is 1. The van der Waals surface area contributed by atoms with Crippen molar-refractivity contribution in [3.8, 4) is 0 Å². The first-order chi connectivity index (χ1) is 14.2. The van der Waals surface area contributed by atoms with Crippen LogP contribution in [0.15, 0.2) is 48.5 Å². The SMILES string of the molecule is CC(C)[C@H](C(=O)O)N1C(=O)[C@@H]2[C@H](C1=O)C1(Br)c3ccccc3C2(Br)c2ccccc21. The molecule has 30 heavy (non-hydrogen) atoms. The van der Waals surface area contributed by atoms with Crippen molar-refractivity contribution in [2.75, 3.05) is 0 Å². The van der Waals surface area contributed by atoms with Crippen molar-refractivity contribution in [3.63, 3.8) is 0 Å². The van der Waals surface area contributed by atoms with Gasteiger partial charge in [0.25, 0.3) is 0 Å². The Balaban J connectivity index is 1.82. The molecule has 2 aromatic carbocycles. The minimum atomic E-state index is -1.20. The van der Waals surface area contributed by atoms with Crippen LogP contribution in [0.3, 0.4) is 0 Å². The number of amides is 2. The highest BCUT2D eigenvalue weighted by Gasteiger charge is 2.73. The standard InChI is InChI=1S/C23H19Br2NO4/c1-11(2)18(21(29)30)26-19(27)16-17(20(26)28)23(25)13-8-4-3-7-12(13)22(16,24)14-9-5-6-10-15(14)23/h3-11,16-18H,1-2H3,(H,29,30)/t16-,17+,18-,22?,23?/m1/s1. The number of imide groups is 1. The predicted molar refractivity (Wildman–Crippen MR) is 117 cm³/mol. The summed E-state index contributed by atoms with van der Waals surface area (Å²) >= 11 is 7.82. The number of carboxylic acids is 1. The van der Waals surface area contributed by atoms with Gasteiger partial charge in [0.05, 0.1) is 20.5 Å². The summed E-state index contributed by atoms with van der Waals surface area (Å²) in [6, 6.07) is 14.4. The molecule has 6 rings (SSSR count). The van der Waals surface area contributed by atoms with E-state index in [4.69, 9.17) is 0 Å². The van der Waals surface area contributed by atoms with Crippen LogP contribution >= 0.6 is 31.9 Å². The number of halogens is 2. The molecule has 1 N–H and O–H groups in total. The number of benzene rings is 2. The Morgan fingerprint density at radius 2 is 1.20 bits per heavy atom. The molecule has 7 heteroatoms. The molecule has 3 atom stereocenters. The summed E-state index contributed by atoms with van der Waals surface area (Å²) in [5.74, 6) is -3.92. The van der Waals surface area contributed by atoms with E-state index < -0.39 is 50.2 Å². The lowest BCUT2D eigenvalue weighted by Crippen LogP contribution is -2.56. The molecule has 154 valence electrons. The first-order valence-corrected chi connectivity index (χ1v) is 11.4. The smallest absolute Gasteiger partial charge is 0.327 e. The van der Waals surface area contributed by atoms with Crippen LogP contribution < -0.4 is 0 Å². The Labute approximate surface area is 190 Å². The maximum absolute atomic E-state index is 13.7. The first kappa shape index (κ1) is 19.9. The fraction of sp³-hybridized carbons (Fsp3) is 0.348. The fourth-order valence-electron chi connectivity index (χ4n) is 5.66. The van der Waals surface area contributed by atoms with Gasteiger partial charge in [0, 0.05) is 0 Å². The number of hydrogen-bond donors (Lipinski definition) is 1. The van der Waals surface area contributed by atoms with Crippen LogP contribution in [0.5, 0.6) is 0 Å². The number of rotatable bonds is 3. The van der Waals surface area contributed by atoms with E-state index in [0.717, 1.165) is 27.2 Å². The van der Waals surface area contributed by atoms with Crippen molar-refractivity contribution in [3.05, 3.63) is 70.8 Å². The summed E-state index contributed by atoms with van der Waals surface area (Å²) in [6.07, 6.45) is 0. The molecule has 2 aromatic rings. The third-order valence-electron chi connectivity index (χ3n) is 6.78. The van der Waals surface area contributed by atoms with Gasteiger partial charge >= 0.3 is 5.97 Å². The normalized spacial score (nSPS) is 32.1. The van der Waals surface area contributed by atoms with Gasteiger partial charge in [0.2, 0.25) is 11.8 Å². The van der Waals surface area contributed by atoms with Gasteiger partial charge in [-0.15, -0.1) is 0 Å². The molecule has 1 fully saturated rings. The lowest BCUT2D eigenvalue weighted by atomic mass is 9.54. The molecule has 0 radical (unpaired) electrons. The lowest BCUT2D eigenvalue weighted by molar-refractivity contribution is -0.157. The van der Waals surface area contributed by atoms with Crippen LogP contribution in [-0.4, -0.2) is 33.8 Å². The van der Waals surface area contributed by atoms with E-state index in [0.29, 0.717) is 0 Å². The maximum Gasteiger partial charge on any atom is 0.327 e. The van der Waals surface area contributed by atoms with Crippen LogP contribution in [0.2, 0.25) is 0 Å². The molecule has 0 unspecified atom stereocenters. The van der Waals surface area contributed by atoms with Crippen molar-refractivity contribution in [2.45, 2.75) is 28.5 Å². The Kier molecular flexibility index (Phi) is 4.16. The minimum absolute atomic E-state index is 0.407. The van der Waals surface area contributed by atoms with Gasteiger partial charge in [-0.05, 0) is 28.2 Å². The first-order valence-electron chi connectivity index (χ1n) is 9.84. The lowest BCUT2D eigenvalue weighted by Gasteiger charge is -2.55. The molecule has 2 amide bonds. The topological polar surface area (TPSA) is 74.7 Å². The number of aliphatic carboxylic acids is 1. The molecule has 5 nitrogen and oxygen atoms in total. The summed E-state index contributed by atoms with van der Waals surface area (Å²) < 4.78 is -1.80. The molecule has 4 aliphatic rings. The summed E-state index contributed by atoms with van der Waals surface area (Å²) in [5, 5.41) is 9.83. The van der Waals surface area contributed by atoms with Crippen LogP contribution in [0.25, 0.3) is 0 Å². The summed E-state index contributed by atoms with van der Waals surface area (Å²) in [6.45, 7) is 3.43. The van der Waals surface area contributed by atoms with Crippen LogP contribution in [0.1, 0.15) is 36.1 Å². The van der Waals surface area contributed by atoms with E-state index in [1.54, 1.807) is 13.8 Å². The third-order valence-corrected chi connectivity index (χ3v) is 9.48. The average molecular weight is 533 g/mol. The Bertz CT molecular complexity index is 1010. The van der Waals surface area contributed by atoms with Crippen LogP contribution in [0, 0.1) is 17.8 Å². The molecular weight excluding hydrogens is 514 g/mol. The van der Waals surface area contributed by atoms with Crippen molar-refractivity contribution in [2.24, 2.45) is 17.8 Å². The summed E-state index contributed by atoms with van der Waals surface area (Å²) in [7, 11) is 0. The van der Waals surface area contributed by atoms with E-state index in [1.165, 1.54) is 0 Å². The van der Waals surface area contributed by atoms with Gasteiger partial charge in [-0.2, -0.15) is 0 Å². The van der Waals surface area contributed by atoms with E-state index in [1.807, 2.05) is 48.5 Å². The molecule has 1 heterocycles. The van der Waals surface area contributed by atoms with Gasteiger partial charge < -0.3 is 5.11 Å². The average Bonchev–Trinajstić information content (AvgIpc) is 2.98. The monoisotopic (exact) mass is 531 g/mol. The minimum Gasteiger partial charge on any atom is -0.480 e. The third kappa shape index (κ3) is 2.10. The van der Waals surface area contributed by atoms with E-state index in [-0.39, 0.29) is 0 Å². The number of carbonyl (C=O) groups is 3. The molecule has 0 aromatic heterocycles. The van der Waals surface area contributed by atoms with Gasteiger partial charge in [-0.3, -0.25) is 14.5 Å². The second kappa shape index (κ2) is 6.26. The number of nitrogens with zero attached hydrogens (tertiary/aromatic N) is 1. The molecular formula is C23H19Br2NO4. The van der Waals surface area contributed by atoms with Gasteiger partial charge in [-0.25, -0.2) is 4.79 Å². The van der Waals surface area contributed by atoms with Crippen molar-refractivity contribution in [1.82, 2.24) is 4.90 Å². The maximum atomic E-state index is 13.7. The van der Waals surface area contributed by atoms with Crippen LogP contribution in [-0.2, 0) is 23.0 Å². The zero-order valence-electron chi connectivity index (χ0n) is 16.3. The zero-order valence-corrected chi connectivity index (χ0v) is 19.5. The fourth-order valence-corrected chi connectivity index (χ4v) is 7.96. The number of alkyl halides is 2. The quantitative estimate of drug-likeness (QED) is 0.479. The highest BCUT2D eigenvalue weighted by Crippen LogP contribution is 2.70. The zero-order chi connectivity index (χ0) is 21.6. The van der Waals surface area contributed by atoms with Crippen LogP contribution in [0.4, 0.5) is 0 Å². The molecule has 1 saturated heterocycles.